The predicted octanol–water partition coefficient (Wildman–Crippen LogP) is 3.16. The first-order valence-corrected chi connectivity index (χ1v) is 3.58. The van der Waals surface area contributed by atoms with Gasteiger partial charge in [0, 0.05) is 0 Å². The van der Waals surface area contributed by atoms with Crippen LogP contribution in [0.1, 0.15) is 26.7 Å². The van der Waals surface area contributed by atoms with Crippen LogP contribution in [-0.2, 0) is 0 Å². The first kappa shape index (κ1) is 8.48. The Bertz CT molecular complexity index is 90.2. The molecule has 9 heavy (non-hydrogen) atoms. The van der Waals surface area contributed by atoms with Gasteiger partial charge in [0.05, 0.1) is 0 Å². The normalized spacial score (nSPS) is 14.0. The third-order valence-corrected chi connectivity index (χ3v) is 1.51. The van der Waals surface area contributed by atoms with Gasteiger partial charge in [0.15, 0.2) is 0 Å². The standard InChI is InChI=1S/C9H16/c1-4-6-7-8-9(3)5-2/h4,6-7,9H,1,5,8H2,2-3H3/b7-6-. The summed E-state index contributed by atoms with van der Waals surface area (Å²) < 4.78 is 0. The third-order valence-electron chi connectivity index (χ3n) is 1.51. The molecule has 0 aliphatic carbocycles. The van der Waals surface area contributed by atoms with Crippen molar-refractivity contribution < 1.29 is 0 Å². The fourth-order valence-corrected chi connectivity index (χ4v) is 0.574. The molecule has 1 unspecified atom stereocenters. The SMILES string of the molecule is C=C/C=C\CC(C)CC. The zero-order valence-electron chi connectivity index (χ0n) is 6.43. The summed E-state index contributed by atoms with van der Waals surface area (Å²) in [5.74, 6) is 0.821. The summed E-state index contributed by atoms with van der Waals surface area (Å²) in [5.41, 5.74) is 0. The molecule has 0 aliphatic rings. The Hall–Kier alpha value is -0.520. The molecule has 0 spiro atoms. The fraction of sp³-hybridized carbons (Fsp3) is 0.556. The highest BCUT2D eigenvalue weighted by atomic mass is 14.0. The van der Waals surface area contributed by atoms with Gasteiger partial charge in [-0.3, -0.25) is 0 Å². The first-order valence-electron chi connectivity index (χ1n) is 3.58. The van der Waals surface area contributed by atoms with Crippen molar-refractivity contribution >= 4 is 0 Å². The zero-order valence-corrected chi connectivity index (χ0v) is 6.43. The number of rotatable bonds is 4. The second kappa shape index (κ2) is 5.61. The molecule has 1 atom stereocenters. The van der Waals surface area contributed by atoms with Gasteiger partial charge < -0.3 is 0 Å². The number of hydrogen-bond donors (Lipinski definition) is 0. The van der Waals surface area contributed by atoms with Crippen molar-refractivity contribution in [1.82, 2.24) is 0 Å². The van der Waals surface area contributed by atoms with Gasteiger partial charge in [0.2, 0.25) is 0 Å². The molecule has 0 aromatic rings. The van der Waals surface area contributed by atoms with Crippen molar-refractivity contribution in [3.8, 4) is 0 Å². The van der Waals surface area contributed by atoms with Crippen LogP contribution in [-0.4, -0.2) is 0 Å². The molecule has 0 heteroatoms. The first-order chi connectivity index (χ1) is 4.31. The Balaban J connectivity index is 3.25. The molecule has 0 heterocycles. The molecule has 0 aromatic heterocycles. The van der Waals surface area contributed by atoms with E-state index in [4.69, 9.17) is 0 Å². The molecule has 0 N–H and O–H groups in total. The van der Waals surface area contributed by atoms with E-state index in [1.54, 1.807) is 0 Å². The van der Waals surface area contributed by atoms with Gasteiger partial charge in [-0.2, -0.15) is 0 Å². The quantitative estimate of drug-likeness (QED) is 0.505. The summed E-state index contributed by atoms with van der Waals surface area (Å²) in [5, 5.41) is 0. The van der Waals surface area contributed by atoms with Gasteiger partial charge >= 0.3 is 0 Å². The highest BCUT2D eigenvalue weighted by Gasteiger charge is 1.91. The van der Waals surface area contributed by atoms with E-state index in [1.807, 2.05) is 12.2 Å². The molecule has 0 radical (unpaired) electrons. The smallest absolute Gasteiger partial charge is 0.0322 e. The second-order valence-corrected chi connectivity index (χ2v) is 2.41. The number of allylic oxidation sites excluding steroid dienone is 3. The van der Waals surface area contributed by atoms with Gasteiger partial charge in [-0.1, -0.05) is 45.1 Å². The van der Waals surface area contributed by atoms with Crippen LogP contribution in [0.3, 0.4) is 0 Å². The Morgan fingerprint density at radius 2 is 2.22 bits per heavy atom. The monoisotopic (exact) mass is 124 g/mol. The van der Waals surface area contributed by atoms with Crippen LogP contribution < -0.4 is 0 Å². The summed E-state index contributed by atoms with van der Waals surface area (Å²) in [6, 6.07) is 0. The van der Waals surface area contributed by atoms with Gasteiger partial charge in [-0.05, 0) is 12.3 Å². The summed E-state index contributed by atoms with van der Waals surface area (Å²) >= 11 is 0. The highest BCUT2D eigenvalue weighted by Crippen LogP contribution is 2.06. The molecular weight excluding hydrogens is 108 g/mol. The van der Waals surface area contributed by atoms with Gasteiger partial charge in [0.25, 0.3) is 0 Å². The average molecular weight is 124 g/mol. The topological polar surface area (TPSA) is 0 Å². The lowest BCUT2D eigenvalue weighted by Crippen LogP contribution is -1.86. The molecule has 0 amide bonds. The van der Waals surface area contributed by atoms with E-state index in [0.717, 1.165) is 5.92 Å². The molecule has 0 aromatic carbocycles. The largest absolute Gasteiger partial charge is 0.0991 e. The fourth-order valence-electron chi connectivity index (χ4n) is 0.574. The Kier molecular flexibility index (Phi) is 5.29. The van der Waals surface area contributed by atoms with Crippen molar-refractivity contribution in [2.45, 2.75) is 26.7 Å². The van der Waals surface area contributed by atoms with Crippen LogP contribution in [0.25, 0.3) is 0 Å². The minimum absolute atomic E-state index is 0.821. The van der Waals surface area contributed by atoms with Crippen molar-refractivity contribution in [1.29, 1.82) is 0 Å². The van der Waals surface area contributed by atoms with Crippen LogP contribution >= 0.6 is 0 Å². The highest BCUT2D eigenvalue weighted by molar-refractivity contribution is 4.97. The summed E-state index contributed by atoms with van der Waals surface area (Å²) in [7, 11) is 0. The molecule has 0 nitrogen and oxygen atoms in total. The van der Waals surface area contributed by atoms with Crippen LogP contribution in [0.4, 0.5) is 0 Å². The predicted molar refractivity (Wildman–Crippen MR) is 43.4 cm³/mol. The average Bonchev–Trinajstić information content (AvgIpc) is 1.89. The lowest BCUT2D eigenvalue weighted by atomic mass is 10.1. The minimum atomic E-state index is 0.821. The molecule has 0 saturated heterocycles. The van der Waals surface area contributed by atoms with E-state index in [0.29, 0.717) is 0 Å². The summed E-state index contributed by atoms with van der Waals surface area (Å²) in [6.07, 6.45) is 8.44. The van der Waals surface area contributed by atoms with Crippen molar-refractivity contribution in [2.75, 3.05) is 0 Å². The lowest BCUT2D eigenvalue weighted by molar-refractivity contribution is 0.572. The molecule has 52 valence electrons. The van der Waals surface area contributed by atoms with Crippen molar-refractivity contribution in [2.24, 2.45) is 5.92 Å². The van der Waals surface area contributed by atoms with Crippen LogP contribution in [0.2, 0.25) is 0 Å². The Labute approximate surface area is 58.3 Å². The third kappa shape index (κ3) is 5.35. The Morgan fingerprint density at radius 1 is 1.56 bits per heavy atom. The van der Waals surface area contributed by atoms with E-state index in [1.165, 1.54) is 12.8 Å². The summed E-state index contributed by atoms with van der Waals surface area (Å²) in [4.78, 5) is 0. The van der Waals surface area contributed by atoms with Crippen LogP contribution in [0.5, 0.6) is 0 Å². The minimum Gasteiger partial charge on any atom is -0.0991 e. The molecule has 0 fully saturated rings. The molecule has 0 bridgehead atoms. The number of hydrogen-bond acceptors (Lipinski definition) is 0. The van der Waals surface area contributed by atoms with Crippen molar-refractivity contribution in [3.05, 3.63) is 24.8 Å². The zero-order chi connectivity index (χ0) is 7.11. The summed E-state index contributed by atoms with van der Waals surface area (Å²) in [6.45, 7) is 8.07. The maximum atomic E-state index is 3.60. The maximum absolute atomic E-state index is 3.60. The van der Waals surface area contributed by atoms with E-state index < -0.39 is 0 Å². The second-order valence-electron chi connectivity index (χ2n) is 2.41. The van der Waals surface area contributed by atoms with Gasteiger partial charge in [-0.15, -0.1) is 0 Å². The van der Waals surface area contributed by atoms with Gasteiger partial charge in [-0.25, -0.2) is 0 Å². The van der Waals surface area contributed by atoms with E-state index in [-0.39, 0.29) is 0 Å². The van der Waals surface area contributed by atoms with E-state index in [2.05, 4.69) is 26.5 Å². The van der Waals surface area contributed by atoms with E-state index in [9.17, 15) is 0 Å². The maximum Gasteiger partial charge on any atom is -0.0322 e. The molecule has 0 saturated carbocycles. The van der Waals surface area contributed by atoms with E-state index >= 15 is 0 Å². The van der Waals surface area contributed by atoms with Crippen molar-refractivity contribution in [3.63, 3.8) is 0 Å². The lowest BCUT2D eigenvalue weighted by Gasteiger charge is -2.00. The molecule has 0 aliphatic heterocycles. The van der Waals surface area contributed by atoms with Crippen LogP contribution in [0.15, 0.2) is 24.8 Å². The van der Waals surface area contributed by atoms with Crippen LogP contribution in [0, 0.1) is 5.92 Å². The molecule has 0 rings (SSSR count). The van der Waals surface area contributed by atoms with Gasteiger partial charge in [0.1, 0.15) is 0 Å². The Morgan fingerprint density at radius 3 is 2.67 bits per heavy atom. The molecular formula is C9H16.